The highest BCUT2D eigenvalue weighted by atomic mass is 79.9. The van der Waals surface area contributed by atoms with E-state index in [9.17, 15) is 8.78 Å². The molecule has 0 aliphatic rings. The van der Waals surface area contributed by atoms with Crippen molar-refractivity contribution in [2.24, 2.45) is 0 Å². The molecule has 0 spiro atoms. The molecule has 0 bridgehead atoms. The molecule has 2 aromatic rings. The molecular formula is C15H14BrF2N. The van der Waals surface area contributed by atoms with E-state index in [4.69, 9.17) is 0 Å². The lowest BCUT2D eigenvalue weighted by atomic mass is 10.1. The molecule has 4 heteroatoms. The van der Waals surface area contributed by atoms with Crippen molar-refractivity contribution in [3.63, 3.8) is 0 Å². The molecule has 0 amide bonds. The van der Waals surface area contributed by atoms with Crippen molar-refractivity contribution in [1.82, 2.24) is 5.32 Å². The normalized spacial score (nSPS) is 10.7. The lowest BCUT2D eigenvalue weighted by Crippen LogP contribution is -2.14. The SMILES string of the molecule is Cc1cc(F)ccc1CNCc1cc(Br)ccc1F. The second kappa shape index (κ2) is 6.26. The van der Waals surface area contributed by atoms with Gasteiger partial charge in [-0.2, -0.15) is 0 Å². The van der Waals surface area contributed by atoms with E-state index in [-0.39, 0.29) is 11.6 Å². The first kappa shape index (κ1) is 14.2. The van der Waals surface area contributed by atoms with E-state index < -0.39 is 0 Å². The summed E-state index contributed by atoms with van der Waals surface area (Å²) in [4.78, 5) is 0. The number of halogens is 3. The van der Waals surface area contributed by atoms with E-state index in [1.54, 1.807) is 18.2 Å². The van der Waals surface area contributed by atoms with Gasteiger partial charge < -0.3 is 5.32 Å². The van der Waals surface area contributed by atoms with Crippen molar-refractivity contribution in [2.75, 3.05) is 0 Å². The van der Waals surface area contributed by atoms with E-state index in [1.165, 1.54) is 18.2 Å². The summed E-state index contributed by atoms with van der Waals surface area (Å²) < 4.78 is 27.3. The molecule has 0 saturated carbocycles. The smallest absolute Gasteiger partial charge is 0.127 e. The largest absolute Gasteiger partial charge is 0.309 e. The lowest BCUT2D eigenvalue weighted by Gasteiger charge is -2.09. The van der Waals surface area contributed by atoms with Crippen LogP contribution in [-0.4, -0.2) is 0 Å². The molecule has 0 saturated heterocycles. The molecular weight excluding hydrogens is 312 g/mol. The Morgan fingerprint density at radius 3 is 2.47 bits per heavy atom. The fraction of sp³-hybridized carbons (Fsp3) is 0.200. The van der Waals surface area contributed by atoms with Gasteiger partial charge in [-0.15, -0.1) is 0 Å². The first-order chi connectivity index (χ1) is 9.06. The Bertz CT molecular complexity index is 584. The molecule has 0 fully saturated rings. The number of benzene rings is 2. The number of hydrogen-bond donors (Lipinski definition) is 1. The van der Waals surface area contributed by atoms with Gasteiger partial charge in [-0.05, 0) is 48.4 Å². The first-order valence-corrected chi connectivity index (χ1v) is 6.75. The van der Waals surface area contributed by atoms with Crippen molar-refractivity contribution < 1.29 is 8.78 Å². The third-order valence-corrected chi connectivity index (χ3v) is 3.44. The molecule has 0 unspecified atom stereocenters. The quantitative estimate of drug-likeness (QED) is 0.882. The zero-order valence-electron chi connectivity index (χ0n) is 10.5. The lowest BCUT2D eigenvalue weighted by molar-refractivity contribution is 0.586. The van der Waals surface area contributed by atoms with Crippen LogP contribution in [0.1, 0.15) is 16.7 Å². The van der Waals surface area contributed by atoms with Gasteiger partial charge in [-0.1, -0.05) is 22.0 Å². The van der Waals surface area contributed by atoms with Crippen molar-refractivity contribution in [3.8, 4) is 0 Å². The minimum Gasteiger partial charge on any atom is -0.309 e. The van der Waals surface area contributed by atoms with Gasteiger partial charge in [-0.3, -0.25) is 0 Å². The van der Waals surface area contributed by atoms with Gasteiger partial charge in [-0.25, -0.2) is 8.78 Å². The van der Waals surface area contributed by atoms with E-state index in [0.29, 0.717) is 18.7 Å². The van der Waals surface area contributed by atoms with Crippen LogP contribution in [0.4, 0.5) is 8.78 Å². The Kier molecular flexibility index (Phi) is 4.66. The van der Waals surface area contributed by atoms with Gasteiger partial charge in [0.1, 0.15) is 11.6 Å². The zero-order chi connectivity index (χ0) is 13.8. The van der Waals surface area contributed by atoms with Crippen LogP contribution in [-0.2, 0) is 13.1 Å². The Balaban J connectivity index is 1.98. The zero-order valence-corrected chi connectivity index (χ0v) is 12.1. The minimum atomic E-state index is -0.237. The molecule has 100 valence electrons. The predicted molar refractivity (Wildman–Crippen MR) is 75.8 cm³/mol. The monoisotopic (exact) mass is 325 g/mol. The summed E-state index contributed by atoms with van der Waals surface area (Å²) in [6.07, 6.45) is 0. The number of hydrogen-bond acceptors (Lipinski definition) is 1. The van der Waals surface area contributed by atoms with Crippen LogP contribution < -0.4 is 5.32 Å². The summed E-state index contributed by atoms with van der Waals surface area (Å²) in [5.74, 6) is -0.467. The van der Waals surface area contributed by atoms with Crippen LogP contribution >= 0.6 is 15.9 Å². The maximum Gasteiger partial charge on any atom is 0.127 e. The summed E-state index contributed by atoms with van der Waals surface area (Å²) in [6, 6.07) is 9.53. The second-order valence-corrected chi connectivity index (χ2v) is 5.33. The van der Waals surface area contributed by atoms with Gasteiger partial charge >= 0.3 is 0 Å². The van der Waals surface area contributed by atoms with Crippen LogP contribution in [0.15, 0.2) is 40.9 Å². The third kappa shape index (κ3) is 3.85. The maximum atomic E-state index is 13.5. The molecule has 0 aromatic heterocycles. The summed E-state index contributed by atoms with van der Waals surface area (Å²) in [7, 11) is 0. The molecule has 1 nitrogen and oxygen atoms in total. The fourth-order valence-corrected chi connectivity index (χ4v) is 2.28. The molecule has 0 radical (unpaired) electrons. The standard InChI is InChI=1S/C15H14BrF2N/c1-10-6-14(17)4-2-11(10)8-19-9-12-7-13(16)3-5-15(12)18/h2-7,19H,8-9H2,1H3. The fourth-order valence-electron chi connectivity index (χ4n) is 1.87. The van der Waals surface area contributed by atoms with Crippen LogP contribution in [0.5, 0.6) is 0 Å². The maximum absolute atomic E-state index is 13.5. The highest BCUT2D eigenvalue weighted by molar-refractivity contribution is 9.10. The van der Waals surface area contributed by atoms with Gasteiger partial charge in [0, 0.05) is 23.1 Å². The van der Waals surface area contributed by atoms with Crippen LogP contribution in [0.25, 0.3) is 0 Å². The highest BCUT2D eigenvalue weighted by Gasteiger charge is 2.04. The molecule has 1 N–H and O–H groups in total. The second-order valence-electron chi connectivity index (χ2n) is 4.41. The van der Waals surface area contributed by atoms with Gasteiger partial charge in [0.2, 0.25) is 0 Å². The third-order valence-electron chi connectivity index (χ3n) is 2.94. The van der Waals surface area contributed by atoms with E-state index in [1.807, 2.05) is 6.92 Å². The van der Waals surface area contributed by atoms with Crippen molar-refractivity contribution in [2.45, 2.75) is 20.0 Å². The van der Waals surface area contributed by atoms with Crippen molar-refractivity contribution in [1.29, 1.82) is 0 Å². The molecule has 2 aromatic carbocycles. The number of rotatable bonds is 4. The average molecular weight is 326 g/mol. The topological polar surface area (TPSA) is 12.0 Å². The summed E-state index contributed by atoms with van der Waals surface area (Å²) in [5.41, 5.74) is 2.51. The first-order valence-electron chi connectivity index (χ1n) is 5.96. The summed E-state index contributed by atoms with van der Waals surface area (Å²) in [6.45, 7) is 2.87. The number of nitrogens with one attached hydrogen (secondary N) is 1. The molecule has 0 aliphatic heterocycles. The predicted octanol–water partition coefficient (Wildman–Crippen LogP) is 4.33. The Morgan fingerprint density at radius 1 is 1.00 bits per heavy atom. The van der Waals surface area contributed by atoms with Gasteiger partial charge in [0.25, 0.3) is 0 Å². The minimum absolute atomic E-state index is 0.230. The van der Waals surface area contributed by atoms with E-state index in [2.05, 4.69) is 21.2 Å². The Hall–Kier alpha value is -1.26. The van der Waals surface area contributed by atoms with E-state index in [0.717, 1.165) is 15.6 Å². The molecule has 0 aliphatic carbocycles. The molecule has 0 heterocycles. The number of aryl methyl sites for hydroxylation is 1. The molecule has 2 rings (SSSR count). The summed E-state index contributed by atoms with van der Waals surface area (Å²) >= 11 is 3.32. The molecule has 0 atom stereocenters. The molecule has 19 heavy (non-hydrogen) atoms. The van der Waals surface area contributed by atoms with Crippen molar-refractivity contribution in [3.05, 3.63) is 69.2 Å². The Labute approximate surface area is 119 Å². The van der Waals surface area contributed by atoms with Crippen LogP contribution in [0.2, 0.25) is 0 Å². The van der Waals surface area contributed by atoms with Gasteiger partial charge in [0.05, 0.1) is 0 Å². The Morgan fingerprint density at radius 2 is 1.74 bits per heavy atom. The van der Waals surface area contributed by atoms with E-state index >= 15 is 0 Å². The van der Waals surface area contributed by atoms with Crippen LogP contribution in [0, 0.1) is 18.6 Å². The average Bonchev–Trinajstić information content (AvgIpc) is 2.36. The summed E-state index contributed by atoms with van der Waals surface area (Å²) in [5, 5.41) is 3.16. The van der Waals surface area contributed by atoms with Gasteiger partial charge in [0.15, 0.2) is 0 Å². The highest BCUT2D eigenvalue weighted by Crippen LogP contribution is 2.16. The van der Waals surface area contributed by atoms with Crippen LogP contribution in [0.3, 0.4) is 0 Å². The van der Waals surface area contributed by atoms with Crippen molar-refractivity contribution >= 4 is 15.9 Å².